The highest BCUT2D eigenvalue weighted by molar-refractivity contribution is 5.33. The highest BCUT2D eigenvalue weighted by Gasteiger charge is 2.33. The molecule has 1 aliphatic rings. The van der Waals surface area contributed by atoms with Gasteiger partial charge in [-0.1, -0.05) is 18.2 Å². The average molecular weight is 275 g/mol. The first-order valence-corrected chi connectivity index (χ1v) is 6.04. The first kappa shape index (κ1) is 14.1. The average Bonchev–Trinajstić information content (AvgIpc) is 2.74. The molecule has 106 valence electrons. The van der Waals surface area contributed by atoms with Gasteiger partial charge < -0.3 is 14.8 Å². The zero-order chi connectivity index (χ0) is 13.9. The number of nitrogens with one attached hydrogen (secondary N) is 1. The van der Waals surface area contributed by atoms with Crippen molar-refractivity contribution >= 4 is 0 Å². The number of hydrogen-bond donors (Lipinski definition) is 1. The molecule has 0 aromatic heterocycles. The standard InChI is InChI=1S/C13H16F3NO2/c1-12(6-7-18-9-12)17-8-10-4-2-3-5-11(10)19-13(14,15)16/h2-5,17H,6-9H2,1H3. The van der Waals surface area contributed by atoms with Crippen molar-refractivity contribution in [3.63, 3.8) is 0 Å². The molecule has 0 spiro atoms. The Morgan fingerprint density at radius 1 is 1.37 bits per heavy atom. The molecule has 1 unspecified atom stereocenters. The van der Waals surface area contributed by atoms with Crippen LogP contribution in [0, 0.1) is 0 Å². The van der Waals surface area contributed by atoms with Gasteiger partial charge in [-0.2, -0.15) is 0 Å². The SMILES string of the molecule is CC1(NCc2ccccc2OC(F)(F)F)CCOC1. The summed E-state index contributed by atoms with van der Waals surface area (Å²) in [6.07, 6.45) is -3.83. The van der Waals surface area contributed by atoms with Crippen LogP contribution in [0.2, 0.25) is 0 Å². The molecule has 3 nitrogen and oxygen atoms in total. The van der Waals surface area contributed by atoms with E-state index in [0.29, 0.717) is 25.3 Å². The minimum atomic E-state index is -4.67. The third-order valence-electron chi connectivity index (χ3n) is 3.12. The lowest BCUT2D eigenvalue weighted by atomic mass is 10.0. The predicted octanol–water partition coefficient (Wildman–Crippen LogP) is 2.85. The van der Waals surface area contributed by atoms with E-state index in [2.05, 4.69) is 10.1 Å². The van der Waals surface area contributed by atoms with Crippen LogP contribution in [0.15, 0.2) is 24.3 Å². The molecule has 1 aromatic rings. The molecular weight excluding hydrogens is 259 g/mol. The highest BCUT2D eigenvalue weighted by Crippen LogP contribution is 2.27. The minimum absolute atomic E-state index is 0.162. The Labute approximate surface area is 109 Å². The lowest BCUT2D eigenvalue weighted by molar-refractivity contribution is -0.274. The van der Waals surface area contributed by atoms with Gasteiger partial charge in [0.2, 0.25) is 0 Å². The van der Waals surface area contributed by atoms with Crippen molar-refractivity contribution in [1.29, 1.82) is 0 Å². The smallest absolute Gasteiger partial charge is 0.405 e. The van der Waals surface area contributed by atoms with Gasteiger partial charge in [0.15, 0.2) is 0 Å². The van der Waals surface area contributed by atoms with Gasteiger partial charge in [0.05, 0.1) is 6.61 Å². The zero-order valence-electron chi connectivity index (χ0n) is 10.6. The van der Waals surface area contributed by atoms with Crippen LogP contribution in [-0.4, -0.2) is 25.1 Å². The van der Waals surface area contributed by atoms with Crippen LogP contribution in [0.3, 0.4) is 0 Å². The lowest BCUT2D eigenvalue weighted by Gasteiger charge is -2.24. The van der Waals surface area contributed by atoms with Crippen molar-refractivity contribution in [2.45, 2.75) is 31.8 Å². The van der Waals surface area contributed by atoms with Gasteiger partial charge in [-0.3, -0.25) is 0 Å². The fourth-order valence-corrected chi connectivity index (χ4v) is 1.99. The minimum Gasteiger partial charge on any atom is -0.405 e. The van der Waals surface area contributed by atoms with E-state index in [4.69, 9.17) is 4.74 Å². The summed E-state index contributed by atoms with van der Waals surface area (Å²) < 4.78 is 46.1. The molecule has 1 aromatic carbocycles. The number of ether oxygens (including phenoxy) is 2. The van der Waals surface area contributed by atoms with Crippen molar-refractivity contribution in [3.8, 4) is 5.75 Å². The number of para-hydroxylation sites is 1. The third-order valence-corrected chi connectivity index (χ3v) is 3.12. The van der Waals surface area contributed by atoms with Crippen molar-refractivity contribution in [1.82, 2.24) is 5.32 Å². The molecule has 0 saturated carbocycles. The first-order valence-electron chi connectivity index (χ1n) is 6.04. The summed E-state index contributed by atoms with van der Waals surface area (Å²) in [7, 11) is 0. The molecule has 19 heavy (non-hydrogen) atoms. The maximum atomic E-state index is 12.3. The topological polar surface area (TPSA) is 30.5 Å². The Bertz CT molecular complexity index is 428. The fraction of sp³-hybridized carbons (Fsp3) is 0.538. The fourth-order valence-electron chi connectivity index (χ4n) is 1.99. The van der Waals surface area contributed by atoms with E-state index in [1.807, 2.05) is 6.92 Å². The van der Waals surface area contributed by atoms with Gasteiger partial charge in [0, 0.05) is 24.3 Å². The second kappa shape index (κ2) is 5.38. The molecule has 1 fully saturated rings. The number of hydrogen-bond acceptors (Lipinski definition) is 3. The molecule has 0 aliphatic carbocycles. The second-order valence-electron chi connectivity index (χ2n) is 4.87. The Kier molecular flexibility index (Phi) is 4.01. The number of alkyl halides is 3. The Balaban J connectivity index is 2.03. The highest BCUT2D eigenvalue weighted by atomic mass is 19.4. The maximum Gasteiger partial charge on any atom is 0.573 e. The normalized spacial score (nSPS) is 23.6. The van der Waals surface area contributed by atoms with Crippen molar-refractivity contribution < 1.29 is 22.6 Å². The van der Waals surface area contributed by atoms with Gasteiger partial charge in [-0.15, -0.1) is 13.2 Å². The second-order valence-corrected chi connectivity index (χ2v) is 4.87. The first-order chi connectivity index (χ1) is 8.88. The monoisotopic (exact) mass is 275 g/mol. The van der Waals surface area contributed by atoms with E-state index in [9.17, 15) is 13.2 Å². The van der Waals surface area contributed by atoms with Crippen molar-refractivity contribution in [2.75, 3.05) is 13.2 Å². The van der Waals surface area contributed by atoms with E-state index >= 15 is 0 Å². The van der Waals surface area contributed by atoms with E-state index in [1.54, 1.807) is 12.1 Å². The molecule has 1 N–H and O–H groups in total. The number of rotatable bonds is 4. The van der Waals surface area contributed by atoms with Crippen LogP contribution >= 0.6 is 0 Å². The predicted molar refractivity (Wildman–Crippen MR) is 63.8 cm³/mol. The van der Waals surface area contributed by atoms with Crippen LogP contribution < -0.4 is 10.1 Å². The Hall–Kier alpha value is -1.27. The lowest BCUT2D eigenvalue weighted by Crippen LogP contribution is -2.42. The molecule has 1 aliphatic heterocycles. The molecule has 6 heteroatoms. The largest absolute Gasteiger partial charge is 0.573 e. The maximum absolute atomic E-state index is 12.3. The summed E-state index contributed by atoms with van der Waals surface area (Å²) in [4.78, 5) is 0. The molecule has 0 bridgehead atoms. The van der Waals surface area contributed by atoms with Crippen LogP contribution in [-0.2, 0) is 11.3 Å². The van der Waals surface area contributed by atoms with Gasteiger partial charge in [0.25, 0.3) is 0 Å². The molecule has 1 saturated heterocycles. The van der Waals surface area contributed by atoms with Crippen LogP contribution in [0.5, 0.6) is 5.75 Å². The molecule has 1 atom stereocenters. The molecular formula is C13H16F3NO2. The van der Waals surface area contributed by atoms with Gasteiger partial charge in [-0.05, 0) is 19.4 Å². The Morgan fingerprint density at radius 3 is 2.74 bits per heavy atom. The van der Waals surface area contributed by atoms with Crippen LogP contribution in [0.1, 0.15) is 18.9 Å². The molecule has 1 heterocycles. The van der Waals surface area contributed by atoms with E-state index in [0.717, 1.165) is 6.42 Å². The van der Waals surface area contributed by atoms with Crippen molar-refractivity contribution in [2.24, 2.45) is 0 Å². The van der Waals surface area contributed by atoms with E-state index in [1.165, 1.54) is 12.1 Å². The molecule has 2 rings (SSSR count). The van der Waals surface area contributed by atoms with E-state index in [-0.39, 0.29) is 11.3 Å². The summed E-state index contributed by atoms with van der Waals surface area (Å²) in [6.45, 7) is 3.54. The van der Waals surface area contributed by atoms with Crippen molar-refractivity contribution in [3.05, 3.63) is 29.8 Å². The number of halogens is 3. The quantitative estimate of drug-likeness (QED) is 0.916. The van der Waals surface area contributed by atoms with Gasteiger partial charge >= 0.3 is 6.36 Å². The Morgan fingerprint density at radius 2 is 2.11 bits per heavy atom. The zero-order valence-corrected chi connectivity index (χ0v) is 10.6. The van der Waals surface area contributed by atoms with E-state index < -0.39 is 6.36 Å². The van der Waals surface area contributed by atoms with Crippen LogP contribution in [0.4, 0.5) is 13.2 Å². The van der Waals surface area contributed by atoms with Gasteiger partial charge in [0.1, 0.15) is 5.75 Å². The molecule has 0 amide bonds. The summed E-state index contributed by atoms with van der Waals surface area (Å²) in [5.41, 5.74) is 0.290. The summed E-state index contributed by atoms with van der Waals surface area (Å²) in [6, 6.07) is 6.14. The molecule has 0 radical (unpaired) electrons. The van der Waals surface area contributed by atoms with Gasteiger partial charge in [-0.25, -0.2) is 0 Å². The summed E-state index contributed by atoms with van der Waals surface area (Å²) >= 11 is 0. The third kappa shape index (κ3) is 4.11. The summed E-state index contributed by atoms with van der Waals surface area (Å²) in [5, 5.41) is 3.23. The number of benzene rings is 1. The summed E-state index contributed by atoms with van der Waals surface area (Å²) in [5.74, 6) is -0.162. The van der Waals surface area contributed by atoms with Crippen LogP contribution in [0.25, 0.3) is 0 Å².